The lowest BCUT2D eigenvalue weighted by Gasteiger charge is -2.50. The Morgan fingerprint density at radius 3 is 2.71 bits per heavy atom. The summed E-state index contributed by atoms with van der Waals surface area (Å²) in [5, 5.41) is 24.3. The number of carbonyl (C=O) groups is 2. The van der Waals surface area contributed by atoms with Crippen molar-refractivity contribution in [1.82, 2.24) is 20.2 Å². The standard InChI is InChI=1S/C27H25F2N7O4S/c1-36(39)10-9-35(25(38)27(36)7-8-27)21-12-16(17-11-19(23(28)29)30-14-20(17)40-2)18(13-31-21)24(37)32-26-34-33-22(41-26)6-5-15-3-4-15/h11-15,23H,3-4,7-10H2,1-2H3,(H,32,34,37). The highest BCUT2D eigenvalue weighted by molar-refractivity contribution is 7.15. The minimum absolute atomic E-state index is 0.0225. The smallest absolute Gasteiger partial charge is 0.290 e. The second-order valence-electron chi connectivity index (χ2n) is 10.4. The molecular weight excluding hydrogens is 556 g/mol. The molecule has 1 atom stereocenters. The molecule has 1 spiro atoms. The van der Waals surface area contributed by atoms with E-state index in [-0.39, 0.29) is 52.4 Å². The van der Waals surface area contributed by atoms with Crippen LogP contribution in [0.15, 0.2) is 24.5 Å². The van der Waals surface area contributed by atoms with Crippen molar-refractivity contribution in [3.63, 3.8) is 0 Å². The van der Waals surface area contributed by atoms with Crippen LogP contribution in [0.3, 0.4) is 0 Å². The molecule has 3 fully saturated rings. The third-order valence-corrected chi connectivity index (χ3v) is 8.42. The first-order valence-electron chi connectivity index (χ1n) is 13.0. The number of hydrogen-bond donors (Lipinski definition) is 1. The number of nitrogens with one attached hydrogen (secondary N) is 1. The quantitative estimate of drug-likeness (QED) is 0.264. The van der Waals surface area contributed by atoms with Crippen LogP contribution in [0, 0.1) is 23.0 Å². The SMILES string of the molecule is COc1cnc(C(F)F)cc1-c1cc(N2CC[N+](C)([O-])C3(CC3)C2=O)ncc1C(=O)Nc1nnc(C#CC2CC2)s1. The third kappa shape index (κ3) is 5.01. The molecule has 3 aliphatic rings. The Hall–Kier alpha value is -4.06. The number of likely N-dealkylation sites (N-methyl/N-ethyl adjacent to an activating group) is 1. The molecule has 1 aliphatic heterocycles. The van der Waals surface area contributed by atoms with E-state index < -0.39 is 28.2 Å². The van der Waals surface area contributed by atoms with Gasteiger partial charge < -0.3 is 14.6 Å². The molecular formula is C27H25F2N7O4S. The van der Waals surface area contributed by atoms with Gasteiger partial charge in [0, 0.05) is 36.1 Å². The van der Waals surface area contributed by atoms with Gasteiger partial charge in [-0.05, 0) is 30.9 Å². The number of amides is 2. The van der Waals surface area contributed by atoms with E-state index in [0.717, 1.165) is 36.4 Å². The van der Waals surface area contributed by atoms with Crippen LogP contribution in [0.1, 0.15) is 53.2 Å². The molecule has 2 amide bonds. The second-order valence-corrected chi connectivity index (χ2v) is 11.4. The molecule has 0 aromatic carbocycles. The zero-order valence-corrected chi connectivity index (χ0v) is 23.0. The molecule has 14 heteroatoms. The molecule has 11 nitrogen and oxygen atoms in total. The van der Waals surface area contributed by atoms with Crippen molar-refractivity contribution in [2.24, 2.45) is 5.92 Å². The number of quaternary nitrogens is 1. The van der Waals surface area contributed by atoms with Crippen LogP contribution in [0.4, 0.5) is 19.7 Å². The summed E-state index contributed by atoms with van der Waals surface area (Å²) >= 11 is 1.11. The Morgan fingerprint density at radius 2 is 2.02 bits per heavy atom. The molecule has 2 saturated carbocycles. The highest BCUT2D eigenvalue weighted by Crippen LogP contribution is 2.49. The molecule has 3 aromatic rings. The van der Waals surface area contributed by atoms with Gasteiger partial charge in [-0.25, -0.2) is 13.8 Å². The van der Waals surface area contributed by atoms with Gasteiger partial charge in [-0.2, -0.15) is 0 Å². The van der Waals surface area contributed by atoms with Crippen molar-refractivity contribution in [3.8, 4) is 28.7 Å². The number of anilines is 2. The van der Waals surface area contributed by atoms with Crippen LogP contribution in [0.2, 0.25) is 0 Å². The number of hydrogen-bond acceptors (Lipinski definition) is 9. The zero-order valence-electron chi connectivity index (χ0n) is 22.2. The molecule has 1 saturated heterocycles. The fourth-order valence-corrected chi connectivity index (χ4v) is 5.51. The zero-order chi connectivity index (χ0) is 28.9. The molecule has 0 radical (unpaired) electrons. The van der Waals surface area contributed by atoms with Crippen LogP contribution < -0.4 is 15.0 Å². The number of methoxy groups -OCH3 is 1. The molecule has 3 aromatic heterocycles. The summed E-state index contributed by atoms with van der Waals surface area (Å²) in [6, 6.07) is 2.62. The van der Waals surface area contributed by atoms with Gasteiger partial charge in [-0.15, -0.1) is 10.2 Å². The van der Waals surface area contributed by atoms with Crippen molar-refractivity contribution >= 4 is 34.1 Å². The van der Waals surface area contributed by atoms with Gasteiger partial charge >= 0.3 is 0 Å². The van der Waals surface area contributed by atoms with E-state index in [1.807, 2.05) is 0 Å². The molecule has 212 valence electrons. The Balaban J connectivity index is 1.39. The number of carbonyl (C=O) groups excluding carboxylic acids is 2. The maximum absolute atomic E-state index is 13.6. The average molecular weight is 582 g/mol. The van der Waals surface area contributed by atoms with Gasteiger partial charge in [0.15, 0.2) is 10.5 Å². The molecule has 0 bridgehead atoms. The number of hydroxylamine groups is 3. The monoisotopic (exact) mass is 581 g/mol. The summed E-state index contributed by atoms with van der Waals surface area (Å²) in [7, 11) is 2.85. The predicted molar refractivity (Wildman–Crippen MR) is 145 cm³/mol. The van der Waals surface area contributed by atoms with Crippen molar-refractivity contribution < 1.29 is 27.8 Å². The van der Waals surface area contributed by atoms with Gasteiger partial charge in [0.1, 0.15) is 17.3 Å². The summed E-state index contributed by atoms with van der Waals surface area (Å²) < 4.78 is 32.0. The Morgan fingerprint density at radius 1 is 1.24 bits per heavy atom. The molecule has 2 aliphatic carbocycles. The van der Waals surface area contributed by atoms with Crippen LogP contribution in [0.5, 0.6) is 5.75 Å². The first-order chi connectivity index (χ1) is 19.6. The van der Waals surface area contributed by atoms with E-state index >= 15 is 0 Å². The van der Waals surface area contributed by atoms with Crippen molar-refractivity contribution in [2.45, 2.75) is 37.6 Å². The van der Waals surface area contributed by atoms with E-state index in [9.17, 15) is 23.6 Å². The fourth-order valence-electron chi connectivity index (χ4n) is 4.91. The third-order valence-electron chi connectivity index (χ3n) is 7.66. The summed E-state index contributed by atoms with van der Waals surface area (Å²) in [5.74, 6) is 5.78. The van der Waals surface area contributed by atoms with Crippen LogP contribution in [-0.2, 0) is 4.79 Å². The van der Waals surface area contributed by atoms with E-state index in [2.05, 4.69) is 37.3 Å². The van der Waals surface area contributed by atoms with Gasteiger partial charge in [0.05, 0.1) is 39.0 Å². The minimum Gasteiger partial charge on any atom is -0.632 e. The Kier molecular flexibility index (Phi) is 6.68. The normalized spacial score (nSPS) is 21.0. The molecule has 6 rings (SSSR count). The van der Waals surface area contributed by atoms with Crippen molar-refractivity contribution in [1.29, 1.82) is 0 Å². The maximum atomic E-state index is 13.6. The van der Waals surface area contributed by atoms with Gasteiger partial charge in [-0.1, -0.05) is 17.3 Å². The maximum Gasteiger partial charge on any atom is 0.290 e. The largest absolute Gasteiger partial charge is 0.632 e. The first-order valence-corrected chi connectivity index (χ1v) is 13.8. The summed E-state index contributed by atoms with van der Waals surface area (Å²) in [5.41, 5.74) is -1.19. The molecule has 1 unspecified atom stereocenters. The lowest BCUT2D eigenvalue weighted by Crippen LogP contribution is -2.65. The Labute approximate surface area is 237 Å². The summed E-state index contributed by atoms with van der Waals surface area (Å²) in [6.07, 6.45) is 2.61. The average Bonchev–Trinajstić information content (AvgIpc) is 3.89. The molecule has 41 heavy (non-hydrogen) atoms. The van der Waals surface area contributed by atoms with Crippen LogP contribution >= 0.6 is 11.3 Å². The van der Waals surface area contributed by atoms with E-state index in [1.165, 1.54) is 31.3 Å². The molecule has 1 N–H and O–H groups in total. The number of aromatic nitrogens is 4. The minimum atomic E-state index is -2.87. The van der Waals surface area contributed by atoms with Crippen LogP contribution in [0.25, 0.3) is 11.1 Å². The molecule has 4 heterocycles. The van der Waals surface area contributed by atoms with Crippen LogP contribution in [-0.4, -0.2) is 69.4 Å². The number of rotatable bonds is 6. The van der Waals surface area contributed by atoms with Gasteiger partial charge in [0.25, 0.3) is 18.2 Å². The number of piperazine rings is 1. The highest BCUT2D eigenvalue weighted by Gasteiger charge is 2.64. The number of alkyl halides is 2. The summed E-state index contributed by atoms with van der Waals surface area (Å²) in [4.78, 5) is 36.5. The number of ether oxygens (including phenoxy) is 1. The number of nitrogens with zero attached hydrogens (tertiary/aromatic N) is 6. The summed E-state index contributed by atoms with van der Waals surface area (Å²) in [6.45, 7) is 0.284. The topological polar surface area (TPSA) is 133 Å². The van der Waals surface area contributed by atoms with Gasteiger partial charge in [0.2, 0.25) is 5.13 Å². The highest BCUT2D eigenvalue weighted by atomic mass is 32.1. The second kappa shape index (κ2) is 10.1. The van der Waals surface area contributed by atoms with Crippen molar-refractivity contribution in [3.05, 3.63) is 46.0 Å². The number of halogens is 2. The lowest BCUT2D eigenvalue weighted by atomic mass is 9.99. The Bertz CT molecular complexity index is 1610. The van der Waals surface area contributed by atoms with E-state index in [0.29, 0.717) is 23.8 Å². The fraction of sp³-hybridized carbons (Fsp3) is 0.407. The van der Waals surface area contributed by atoms with E-state index in [1.54, 1.807) is 0 Å². The first kappa shape index (κ1) is 27.1. The number of pyridine rings is 2. The lowest BCUT2D eigenvalue weighted by molar-refractivity contribution is -0.888. The predicted octanol–water partition coefficient (Wildman–Crippen LogP) is 3.78. The van der Waals surface area contributed by atoms with E-state index in [4.69, 9.17) is 4.74 Å². The van der Waals surface area contributed by atoms with Crippen molar-refractivity contribution in [2.75, 3.05) is 37.5 Å². The van der Waals surface area contributed by atoms with Gasteiger partial charge in [-0.3, -0.25) is 24.8 Å².